The predicted molar refractivity (Wildman–Crippen MR) is 69.9 cm³/mol. The molecule has 2 aromatic heterocycles. The van der Waals surface area contributed by atoms with Gasteiger partial charge in [0.1, 0.15) is 5.69 Å². The van der Waals surface area contributed by atoms with Gasteiger partial charge >= 0.3 is 0 Å². The molecule has 0 saturated heterocycles. The van der Waals surface area contributed by atoms with Crippen LogP contribution in [0.15, 0.2) is 41.9 Å². The summed E-state index contributed by atoms with van der Waals surface area (Å²) in [6, 6.07) is 10.2. The maximum Gasteiger partial charge on any atom is 0.157 e. The van der Waals surface area contributed by atoms with Crippen LogP contribution in [0.25, 0.3) is 22.8 Å². The average molecular weight is 241 g/mol. The van der Waals surface area contributed by atoms with Crippen molar-refractivity contribution in [1.82, 2.24) is 15.0 Å². The van der Waals surface area contributed by atoms with Crippen LogP contribution in [0, 0.1) is 6.92 Å². The van der Waals surface area contributed by atoms with E-state index in [0.29, 0.717) is 0 Å². The van der Waals surface area contributed by atoms with Crippen LogP contribution in [-0.4, -0.2) is 15.0 Å². The number of nitrogens with one attached hydrogen (secondary N) is 1. The first kappa shape index (κ1) is 10.2. The molecule has 0 amide bonds. The molecule has 84 valence electrons. The predicted octanol–water partition coefficient (Wildman–Crippen LogP) is 3.51. The van der Waals surface area contributed by atoms with Gasteiger partial charge < -0.3 is 4.98 Å². The summed E-state index contributed by atoms with van der Waals surface area (Å²) in [6.07, 6.45) is 1.85. The van der Waals surface area contributed by atoms with Gasteiger partial charge in [-0.05, 0) is 12.5 Å². The number of aryl methyl sites for hydroxylation is 1. The first-order valence-corrected chi connectivity index (χ1v) is 6.24. The number of hydrogen-bond donors (Lipinski definition) is 1. The summed E-state index contributed by atoms with van der Waals surface area (Å²) in [5, 5.41) is 3.07. The van der Waals surface area contributed by atoms with E-state index in [0.717, 1.165) is 27.8 Å². The van der Waals surface area contributed by atoms with Crippen molar-refractivity contribution in [3.05, 3.63) is 46.9 Å². The molecule has 2 heterocycles. The van der Waals surface area contributed by atoms with E-state index in [-0.39, 0.29) is 0 Å². The lowest BCUT2D eigenvalue weighted by molar-refractivity contribution is 1.22. The monoisotopic (exact) mass is 241 g/mol. The van der Waals surface area contributed by atoms with E-state index in [1.807, 2.05) is 36.7 Å². The minimum atomic E-state index is 0.827. The fourth-order valence-electron chi connectivity index (χ4n) is 1.69. The smallest absolute Gasteiger partial charge is 0.157 e. The van der Waals surface area contributed by atoms with Crippen LogP contribution in [0.2, 0.25) is 0 Å². The molecule has 0 unspecified atom stereocenters. The number of hydrogen-bond acceptors (Lipinski definition) is 3. The molecule has 0 aliphatic carbocycles. The number of aromatic nitrogens is 3. The van der Waals surface area contributed by atoms with Crippen LogP contribution in [-0.2, 0) is 0 Å². The Kier molecular flexibility index (Phi) is 2.49. The van der Waals surface area contributed by atoms with Gasteiger partial charge in [-0.1, -0.05) is 30.3 Å². The van der Waals surface area contributed by atoms with Crippen LogP contribution >= 0.6 is 11.3 Å². The van der Waals surface area contributed by atoms with Crippen LogP contribution in [0.1, 0.15) is 5.01 Å². The van der Waals surface area contributed by atoms with Crippen LogP contribution in [0.3, 0.4) is 0 Å². The summed E-state index contributed by atoms with van der Waals surface area (Å²) < 4.78 is 0. The van der Waals surface area contributed by atoms with Gasteiger partial charge in [0.2, 0.25) is 0 Å². The lowest BCUT2D eigenvalue weighted by atomic mass is 10.2. The van der Waals surface area contributed by atoms with Gasteiger partial charge in [0.25, 0.3) is 0 Å². The van der Waals surface area contributed by atoms with E-state index in [9.17, 15) is 0 Å². The van der Waals surface area contributed by atoms with Gasteiger partial charge in [-0.15, -0.1) is 11.3 Å². The normalized spacial score (nSPS) is 10.6. The van der Waals surface area contributed by atoms with E-state index in [2.05, 4.69) is 27.1 Å². The topological polar surface area (TPSA) is 41.6 Å². The Morgan fingerprint density at radius 1 is 1.18 bits per heavy atom. The first-order chi connectivity index (χ1) is 8.33. The maximum absolute atomic E-state index is 4.41. The van der Waals surface area contributed by atoms with E-state index >= 15 is 0 Å². The van der Waals surface area contributed by atoms with Crippen molar-refractivity contribution in [1.29, 1.82) is 0 Å². The van der Waals surface area contributed by atoms with E-state index < -0.39 is 0 Å². The van der Waals surface area contributed by atoms with E-state index in [1.54, 1.807) is 11.3 Å². The molecule has 3 aromatic rings. The zero-order valence-electron chi connectivity index (χ0n) is 9.34. The number of rotatable bonds is 2. The largest absolute Gasteiger partial charge is 0.337 e. The molecule has 4 heteroatoms. The van der Waals surface area contributed by atoms with Crippen molar-refractivity contribution < 1.29 is 0 Å². The molecule has 0 radical (unpaired) electrons. The second kappa shape index (κ2) is 4.14. The Labute approximate surface area is 103 Å². The average Bonchev–Trinajstić information content (AvgIpc) is 2.98. The minimum absolute atomic E-state index is 0.827. The molecular weight excluding hydrogens is 230 g/mol. The SMILES string of the molecule is Cc1nc(-c2ncc(-c3ccccc3)[nH]2)cs1. The van der Waals surface area contributed by atoms with E-state index in [1.165, 1.54) is 0 Å². The number of nitrogens with zero attached hydrogens (tertiary/aromatic N) is 2. The zero-order chi connectivity index (χ0) is 11.7. The molecule has 1 aromatic carbocycles. The third kappa shape index (κ3) is 1.99. The number of aromatic amines is 1. The minimum Gasteiger partial charge on any atom is -0.337 e. The van der Waals surface area contributed by atoms with Crippen molar-refractivity contribution in [3.63, 3.8) is 0 Å². The summed E-state index contributed by atoms with van der Waals surface area (Å²) >= 11 is 1.63. The molecule has 0 fully saturated rings. The molecule has 3 nitrogen and oxygen atoms in total. The third-order valence-corrected chi connectivity index (χ3v) is 3.30. The highest BCUT2D eigenvalue weighted by atomic mass is 32.1. The lowest BCUT2D eigenvalue weighted by Crippen LogP contribution is -1.81. The third-order valence-electron chi connectivity index (χ3n) is 2.52. The van der Waals surface area contributed by atoms with Gasteiger partial charge in [-0.2, -0.15) is 0 Å². The molecule has 0 bridgehead atoms. The highest BCUT2D eigenvalue weighted by molar-refractivity contribution is 7.09. The Bertz CT molecular complexity index is 625. The van der Waals surface area contributed by atoms with Gasteiger partial charge in [0.05, 0.1) is 16.9 Å². The lowest BCUT2D eigenvalue weighted by Gasteiger charge is -1.95. The fourth-order valence-corrected chi connectivity index (χ4v) is 2.29. The van der Waals surface area contributed by atoms with Crippen LogP contribution in [0.4, 0.5) is 0 Å². The van der Waals surface area contributed by atoms with Crippen molar-refractivity contribution in [3.8, 4) is 22.8 Å². The Morgan fingerprint density at radius 2 is 2.00 bits per heavy atom. The Balaban J connectivity index is 1.99. The van der Waals surface area contributed by atoms with Crippen molar-refractivity contribution in [2.75, 3.05) is 0 Å². The Hall–Kier alpha value is -1.94. The molecule has 0 aliphatic rings. The molecular formula is C13H11N3S. The van der Waals surface area contributed by atoms with Gasteiger partial charge in [-0.25, -0.2) is 9.97 Å². The van der Waals surface area contributed by atoms with Crippen LogP contribution in [0.5, 0.6) is 0 Å². The second-order valence-electron chi connectivity index (χ2n) is 3.76. The standard InChI is InChI=1S/C13H11N3S/c1-9-15-12(8-17-9)13-14-7-11(16-13)10-5-3-2-4-6-10/h2-8H,1H3,(H,14,16). The summed E-state index contributed by atoms with van der Waals surface area (Å²) in [6.45, 7) is 2.00. The first-order valence-electron chi connectivity index (χ1n) is 5.36. The number of H-pyrrole nitrogens is 1. The molecule has 0 saturated carbocycles. The number of imidazole rings is 1. The molecule has 1 N–H and O–H groups in total. The molecule has 3 rings (SSSR count). The maximum atomic E-state index is 4.41. The quantitative estimate of drug-likeness (QED) is 0.746. The van der Waals surface area contributed by atoms with Crippen molar-refractivity contribution in [2.45, 2.75) is 6.92 Å². The summed E-state index contributed by atoms with van der Waals surface area (Å²) in [7, 11) is 0. The molecule has 0 spiro atoms. The van der Waals surface area contributed by atoms with E-state index in [4.69, 9.17) is 0 Å². The summed E-state index contributed by atoms with van der Waals surface area (Å²) in [5.74, 6) is 0.827. The Morgan fingerprint density at radius 3 is 2.71 bits per heavy atom. The summed E-state index contributed by atoms with van der Waals surface area (Å²) in [4.78, 5) is 12.1. The molecule has 17 heavy (non-hydrogen) atoms. The second-order valence-corrected chi connectivity index (χ2v) is 4.83. The zero-order valence-corrected chi connectivity index (χ0v) is 10.2. The van der Waals surface area contributed by atoms with Crippen LogP contribution < -0.4 is 0 Å². The fraction of sp³-hybridized carbons (Fsp3) is 0.0769. The number of benzene rings is 1. The highest BCUT2D eigenvalue weighted by Gasteiger charge is 2.07. The molecule has 0 aliphatic heterocycles. The van der Waals surface area contributed by atoms with Gasteiger partial charge in [0, 0.05) is 5.38 Å². The molecule has 0 atom stereocenters. The van der Waals surface area contributed by atoms with Crippen molar-refractivity contribution >= 4 is 11.3 Å². The number of thiazole rings is 1. The summed E-state index contributed by atoms with van der Waals surface area (Å²) in [5.41, 5.74) is 3.07. The highest BCUT2D eigenvalue weighted by Crippen LogP contribution is 2.22. The van der Waals surface area contributed by atoms with Crippen molar-refractivity contribution in [2.24, 2.45) is 0 Å². The van der Waals surface area contributed by atoms with Gasteiger partial charge in [-0.3, -0.25) is 0 Å². The van der Waals surface area contributed by atoms with Gasteiger partial charge in [0.15, 0.2) is 5.82 Å².